The third-order valence-electron chi connectivity index (χ3n) is 3.35. The van der Waals surface area contributed by atoms with Gasteiger partial charge in [0.25, 0.3) is 10.0 Å². The van der Waals surface area contributed by atoms with Crippen molar-refractivity contribution in [2.24, 2.45) is 0 Å². The summed E-state index contributed by atoms with van der Waals surface area (Å²) in [7, 11) is -3.87. The molecule has 0 aliphatic carbocycles. The van der Waals surface area contributed by atoms with Gasteiger partial charge in [-0.3, -0.25) is 4.72 Å². The largest absolute Gasteiger partial charge is 0.507 e. The molecule has 0 amide bonds. The molecule has 2 aromatic carbocycles. The third-order valence-corrected chi connectivity index (χ3v) is 5.04. The summed E-state index contributed by atoms with van der Waals surface area (Å²) >= 11 is 0. The van der Waals surface area contributed by atoms with Crippen molar-refractivity contribution in [3.05, 3.63) is 52.6 Å². The van der Waals surface area contributed by atoms with E-state index in [1.807, 2.05) is 6.92 Å². The number of rotatable bonds is 4. The molecule has 7 heteroatoms. The molecule has 0 unspecified atom stereocenters. The second kappa shape index (κ2) is 5.92. The molecule has 0 saturated heterocycles. The van der Waals surface area contributed by atoms with Crippen molar-refractivity contribution < 1.29 is 23.4 Å². The summed E-state index contributed by atoms with van der Waals surface area (Å²) < 4.78 is 27.6. The van der Waals surface area contributed by atoms with Gasteiger partial charge < -0.3 is 10.2 Å². The van der Waals surface area contributed by atoms with Crippen molar-refractivity contribution in [2.45, 2.75) is 25.7 Å². The van der Waals surface area contributed by atoms with Crippen LogP contribution in [0.5, 0.6) is 5.75 Å². The minimum Gasteiger partial charge on any atom is -0.507 e. The molecule has 0 aliphatic heterocycles. The van der Waals surface area contributed by atoms with Gasteiger partial charge in [0.2, 0.25) is 0 Å². The number of benzene rings is 2. The minimum absolute atomic E-state index is 0.0691. The van der Waals surface area contributed by atoms with E-state index in [1.165, 1.54) is 6.07 Å². The van der Waals surface area contributed by atoms with E-state index < -0.39 is 21.7 Å². The summed E-state index contributed by atoms with van der Waals surface area (Å²) in [5.41, 5.74) is 1.86. The van der Waals surface area contributed by atoms with E-state index in [2.05, 4.69) is 4.72 Å². The van der Waals surface area contributed by atoms with Crippen LogP contribution in [-0.4, -0.2) is 24.6 Å². The van der Waals surface area contributed by atoms with Crippen LogP contribution in [0.25, 0.3) is 0 Å². The zero-order valence-corrected chi connectivity index (χ0v) is 13.7. The van der Waals surface area contributed by atoms with Crippen molar-refractivity contribution in [1.29, 1.82) is 0 Å². The van der Waals surface area contributed by atoms with Crippen LogP contribution in [0.4, 0.5) is 5.69 Å². The highest BCUT2D eigenvalue weighted by Crippen LogP contribution is 2.27. The maximum atomic E-state index is 12.6. The van der Waals surface area contributed by atoms with Crippen molar-refractivity contribution in [1.82, 2.24) is 0 Å². The number of carbonyl (C=O) groups is 1. The summed E-state index contributed by atoms with van der Waals surface area (Å²) in [5, 5.41) is 18.5. The summed E-state index contributed by atoms with van der Waals surface area (Å²) in [4.78, 5) is 11.2. The molecular weight excluding hydrogens is 318 g/mol. The van der Waals surface area contributed by atoms with E-state index in [9.17, 15) is 18.3 Å². The topological polar surface area (TPSA) is 104 Å². The van der Waals surface area contributed by atoms with E-state index in [0.717, 1.165) is 17.7 Å². The first-order valence-corrected chi connectivity index (χ1v) is 8.27. The Morgan fingerprint density at radius 1 is 1.04 bits per heavy atom. The fraction of sp³-hybridized carbons (Fsp3) is 0.188. The molecule has 3 N–H and O–H groups in total. The van der Waals surface area contributed by atoms with Crippen LogP contribution in [0.15, 0.2) is 35.2 Å². The number of carboxylic acids is 1. The minimum atomic E-state index is -3.87. The van der Waals surface area contributed by atoms with Crippen LogP contribution in [0.2, 0.25) is 0 Å². The standard InChI is InChI=1S/C16H17NO5S/c1-9-6-10(2)15(11(3)7-9)23(21,22)17-12-4-5-14(18)13(8-12)16(19)20/h4-8,17-18H,1-3H3,(H,19,20). The lowest BCUT2D eigenvalue weighted by Gasteiger charge is -2.14. The van der Waals surface area contributed by atoms with Gasteiger partial charge in [0.05, 0.1) is 4.90 Å². The summed E-state index contributed by atoms with van der Waals surface area (Å²) in [6.45, 7) is 5.28. The molecule has 0 spiro atoms. The van der Waals surface area contributed by atoms with Gasteiger partial charge in [-0.15, -0.1) is 0 Å². The number of hydrogen-bond acceptors (Lipinski definition) is 4. The number of aromatic hydroxyl groups is 1. The average molecular weight is 335 g/mol. The predicted octanol–water partition coefficient (Wildman–Crippen LogP) is 2.82. The predicted molar refractivity (Wildman–Crippen MR) is 86.5 cm³/mol. The highest BCUT2D eigenvalue weighted by atomic mass is 32.2. The SMILES string of the molecule is Cc1cc(C)c(S(=O)(=O)Nc2ccc(O)c(C(=O)O)c2)c(C)c1. The van der Waals surface area contributed by atoms with Crippen LogP contribution >= 0.6 is 0 Å². The average Bonchev–Trinajstić information content (AvgIpc) is 2.38. The molecule has 0 fully saturated rings. The highest BCUT2D eigenvalue weighted by Gasteiger charge is 2.21. The smallest absolute Gasteiger partial charge is 0.339 e. The van der Waals surface area contributed by atoms with Crippen LogP contribution < -0.4 is 4.72 Å². The molecule has 23 heavy (non-hydrogen) atoms. The van der Waals surface area contributed by atoms with Gasteiger partial charge in [-0.05, 0) is 50.1 Å². The van der Waals surface area contributed by atoms with Crippen LogP contribution in [0, 0.1) is 20.8 Å². The first-order valence-electron chi connectivity index (χ1n) is 6.79. The summed E-state index contributed by atoms with van der Waals surface area (Å²) in [6.07, 6.45) is 0. The third kappa shape index (κ3) is 3.45. The number of anilines is 1. The lowest BCUT2D eigenvalue weighted by Crippen LogP contribution is -2.16. The lowest BCUT2D eigenvalue weighted by molar-refractivity contribution is 0.0693. The van der Waals surface area contributed by atoms with Crippen molar-refractivity contribution in [2.75, 3.05) is 4.72 Å². The second-order valence-corrected chi connectivity index (χ2v) is 6.99. The van der Waals surface area contributed by atoms with Gasteiger partial charge in [0.1, 0.15) is 11.3 Å². The Labute approximate surface area is 134 Å². The molecule has 0 heterocycles. The zero-order chi connectivity index (χ0) is 17.4. The van der Waals surface area contributed by atoms with Crippen molar-refractivity contribution >= 4 is 21.7 Å². The van der Waals surface area contributed by atoms with Gasteiger partial charge in [-0.2, -0.15) is 0 Å². The molecule has 0 saturated carbocycles. The molecule has 0 bridgehead atoms. The molecule has 0 aromatic heterocycles. The van der Waals surface area contributed by atoms with E-state index in [4.69, 9.17) is 5.11 Å². The Morgan fingerprint density at radius 3 is 2.13 bits per heavy atom. The summed E-state index contributed by atoms with van der Waals surface area (Å²) in [6, 6.07) is 7.05. The van der Waals surface area contributed by atoms with Crippen LogP contribution in [0.3, 0.4) is 0 Å². The zero-order valence-electron chi connectivity index (χ0n) is 12.9. The Bertz CT molecular complexity index is 864. The quantitative estimate of drug-likeness (QED) is 0.745. The first kappa shape index (κ1) is 16.8. The highest BCUT2D eigenvalue weighted by molar-refractivity contribution is 7.92. The van der Waals surface area contributed by atoms with E-state index in [-0.39, 0.29) is 16.1 Å². The molecule has 0 atom stereocenters. The summed E-state index contributed by atoms with van der Waals surface area (Å²) in [5.74, 6) is -1.77. The number of aryl methyl sites for hydroxylation is 3. The van der Waals surface area contributed by atoms with Gasteiger partial charge in [-0.1, -0.05) is 17.7 Å². The van der Waals surface area contributed by atoms with Gasteiger partial charge >= 0.3 is 5.97 Å². The van der Waals surface area contributed by atoms with E-state index in [0.29, 0.717) is 11.1 Å². The number of carboxylic acid groups (broad SMARTS) is 1. The van der Waals surface area contributed by atoms with Gasteiger partial charge in [-0.25, -0.2) is 13.2 Å². The molecule has 0 aliphatic rings. The lowest BCUT2D eigenvalue weighted by atomic mass is 10.1. The molecular formula is C16H17NO5S. The molecule has 0 radical (unpaired) electrons. The van der Waals surface area contributed by atoms with Crippen molar-refractivity contribution in [3.8, 4) is 5.75 Å². The number of hydrogen-bond donors (Lipinski definition) is 3. The maximum Gasteiger partial charge on any atom is 0.339 e. The second-order valence-electron chi connectivity index (χ2n) is 5.37. The Kier molecular flexibility index (Phi) is 4.33. The van der Waals surface area contributed by atoms with Gasteiger partial charge in [0, 0.05) is 5.69 Å². The molecule has 2 rings (SSSR count). The Balaban J connectivity index is 2.48. The fourth-order valence-electron chi connectivity index (χ4n) is 2.57. The first-order chi connectivity index (χ1) is 10.6. The van der Waals surface area contributed by atoms with Crippen LogP contribution in [-0.2, 0) is 10.0 Å². The Morgan fingerprint density at radius 2 is 1.61 bits per heavy atom. The van der Waals surface area contributed by atoms with Crippen LogP contribution in [0.1, 0.15) is 27.0 Å². The maximum absolute atomic E-state index is 12.6. The van der Waals surface area contributed by atoms with E-state index >= 15 is 0 Å². The number of nitrogens with one attached hydrogen (secondary N) is 1. The molecule has 2 aromatic rings. The number of aromatic carboxylic acids is 1. The Hall–Kier alpha value is -2.54. The molecule has 6 nitrogen and oxygen atoms in total. The van der Waals surface area contributed by atoms with E-state index in [1.54, 1.807) is 26.0 Å². The normalized spacial score (nSPS) is 11.3. The fourth-order valence-corrected chi connectivity index (χ4v) is 4.07. The monoisotopic (exact) mass is 335 g/mol. The number of phenols is 1. The molecule has 122 valence electrons. The van der Waals surface area contributed by atoms with Gasteiger partial charge in [0.15, 0.2) is 0 Å². The van der Waals surface area contributed by atoms with Crippen molar-refractivity contribution in [3.63, 3.8) is 0 Å². The number of sulfonamides is 1.